The molecule has 0 bridgehead atoms. The molecule has 2 aliphatic rings. The van der Waals surface area contributed by atoms with Crippen LogP contribution in [0.5, 0.6) is 5.75 Å². The third-order valence-electron chi connectivity index (χ3n) is 7.74. The quantitative estimate of drug-likeness (QED) is 0.204. The monoisotopic (exact) mass is 579 g/mol. The third-order valence-corrected chi connectivity index (χ3v) is 7.74. The number of nitrogens with one attached hydrogen (secondary N) is 1. The Morgan fingerprint density at radius 3 is 1.51 bits per heavy atom. The molecule has 0 saturated heterocycles. The second-order valence-corrected chi connectivity index (χ2v) is 10.6. The van der Waals surface area contributed by atoms with Crippen LogP contribution in [-0.4, -0.2) is 38.1 Å². The first-order valence-corrected chi connectivity index (χ1v) is 14.6. The van der Waals surface area contributed by atoms with Crippen LogP contribution < -0.4 is 10.2 Å². The van der Waals surface area contributed by atoms with Crippen molar-refractivity contribution in [2.45, 2.75) is 50.8 Å². The number of benzene rings is 4. The summed E-state index contributed by atoms with van der Waals surface area (Å²) in [6.45, 7) is 1.97. The van der Waals surface area contributed by atoms with Crippen LogP contribution in [-0.2, 0) is 50.2 Å². The Bertz CT molecular complexity index is 1450. The van der Waals surface area contributed by atoms with E-state index in [-0.39, 0.29) is 0 Å². The van der Waals surface area contributed by atoms with Gasteiger partial charge in [0.2, 0.25) is 0 Å². The molecule has 0 unspecified atom stereocenters. The lowest BCUT2D eigenvalue weighted by molar-refractivity contribution is -0.185. The molecule has 4 aromatic carbocycles. The Labute approximate surface area is 252 Å². The normalized spacial score (nSPS) is 21.3. The van der Waals surface area contributed by atoms with E-state index in [1.807, 2.05) is 78.9 Å². The van der Waals surface area contributed by atoms with Gasteiger partial charge < -0.3 is 23.7 Å². The molecule has 0 radical (unpaired) electrons. The van der Waals surface area contributed by atoms with Gasteiger partial charge >= 0.3 is 0 Å². The summed E-state index contributed by atoms with van der Waals surface area (Å²) in [7, 11) is 1.66. The molecule has 4 aromatic rings. The first-order valence-electron chi connectivity index (χ1n) is 14.6. The van der Waals surface area contributed by atoms with Gasteiger partial charge in [-0.3, -0.25) is 10.3 Å². The van der Waals surface area contributed by atoms with E-state index in [2.05, 4.69) is 41.9 Å². The van der Waals surface area contributed by atoms with E-state index < -0.39 is 24.4 Å². The van der Waals surface area contributed by atoms with Gasteiger partial charge in [-0.1, -0.05) is 103 Å². The van der Waals surface area contributed by atoms with Gasteiger partial charge in [-0.15, -0.1) is 0 Å². The Hall–Kier alpha value is -3.98. The lowest BCUT2D eigenvalue weighted by Gasteiger charge is -2.42. The summed E-state index contributed by atoms with van der Waals surface area (Å²) in [5, 5.41) is 0. The smallest absolute Gasteiger partial charge is 0.129 e. The fourth-order valence-electron chi connectivity index (χ4n) is 5.46. The van der Waals surface area contributed by atoms with Gasteiger partial charge in [0, 0.05) is 5.57 Å². The number of ether oxygens (including phenoxy) is 5. The molecule has 1 aliphatic carbocycles. The molecule has 6 rings (SSSR count). The predicted molar refractivity (Wildman–Crippen MR) is 163 cm³/mol. The van der Waals surface area contributed by atoms with Gasteiger partial charge in [-0.05, 0) is 34.4 Å². The minimum Gasteiger partial charge on any atom is -0.497 e. The lowest BCUT2D eigenvalue weighted by Crippen LogP contribution is -2.55. The summed E-state index contributed by atoms with van der Waals surface area (Å²) < 4.78 is 32.1. The summed E-state index contributed by atoms with van der Waals surface area (Å²) in [6, 6.07) is 38.3. The number of methoxy groups -OCH3 is 1. The maximum Gasteiger partial charge on any atom is 0.129 e. The van der Waals surface area contributed by atoms with Crippen LogP contribution in [0.3, 0.4) is 0 Å². The number of hydroxylamine groups is 1. The van der Waals surface area contributed by atoms with Crippen LogP contribution in [0.4, 0.5) is 0 Å². The van der Waals surface area contributed by atoms with E-state index in [1.54, 1.807) is 7.11 Å². The van der Waals surface area contributed by atoms with Crippen LogP contribution in [0.25, 0.3) is 0 Å². The lowest BCUT2D eigenvalue weighted by atomic mass is 9.86. The molecule has 1 heterocycles. The highest BCUT2D eigenvalue weighted by molar-refractivity contribution is 5.32. The summed E-state index contributed by atoms with van der Waals surface area (Å²) in [5.41, 5.74) is 9.19. The fourth-order valence-corrected chi connectivity index (χ4v) is 5.46. The summed E-state index contributed by atoms with van der Waals surface area (Å²) in [4.78, 5) is 5.80. The van der Waals surface area contributed by atoms with Crippen molar-refractivity contribution < 1.29 is 28.5 Å². The SMILES string of the molecule is COc1ccc(CO[C@H]2C3=C(CON3)[C@H](OCc3ccccc3)[C@@H](OCc3ccccc3)[C@@H]2OCc2ccccc2)cc1. The zero-order valence-electron chi connectivity index (χ0n) is 24.3. The molecular formula is C36H37NO6. The molecule has 0 aromatic heterocycles. The summed E-state index contributed by atoms with van der Waals surface area (Å²) >= 11 is 0. The van der Waals surface area contributed by atoms with Crippen molar-refractivity contribution in [3.05, 3.63) is 149 Å². The van der Waals surface area contributed by atoms with E-state index in [0.717, 1.165) is 39.3 Å². The van der Waals surface area contributed by atoms with Crippen LogP contribution >= 0.6 is 0 Å². The van der Waals surface area contributed by atoms with Crippen molar-refractivity contribution in [1.29, 1.82) is 0 Å². The molecule has 1 N–H and O–H groups in total. The average molecular weight is 580 g/mol. The number of hydrogen-bond acceptors (Lipinski definition) is 7. The zero-order valence-corrected chi connectivity index (χ0v) is 24.3. The van der Waals surface area contributed by atoms with E-state index >= 15 is 0 Å². The first-order chi connectivity index (χ1) is 21.3. The van der Waals surface area contributed by atoms with Crippen molar-refractivity contribution in [3.8, 4) is 5.75 Å². The molecule has 1 aliphatic heterocycles. The Balaban J connectivity index is 1.32. The van der Waals surface area contributed by atoms with Crippen molar-refractivity contribution in [3.63, 3.8) is 0 Å². The van der Waals surface area contributed by atoms with Crippen molar-refractivity contribution in [2.75, 3.05) is 13.7 Å². The van der Waals surface area contributed by atoms with Gasteiger partial charge in [0.15, 0.2) is 0 Å². The minimum atomic E-state index is -0.490. The molecule has 7 nitrogen and oxygen atoms in total. The molecule has 0 amide bonds. The van der Waals surface area contributed by atoms with Crippen molar-refractivity contribution in [1.82, 2.24) is 5.48 Å². The maximum atomic E-state index is 6.73. The van der Waals surface area contributed by atoms with Crippen molar-refractivity contribution >= 4 is 0 Å². The van der Waals surface area contributed by atoms with Gasteiger partial charge in [0.25, 0.3) is 0 Å². The Morgan fingerprint density at radius 1 is 0.558 bits per heavy atom. The average Bonchev–Trinajstić information content (AvgIpc) is 3.56. The molecule has 7 heteroatoms. The van der Waals surface area contributed by atoms with Crippen LogP contribution in [0.1, 0.15) is 22.3 Å². The van der Waals surface area contributed by atoms with Gasteiger partial charge in [0.1, 0.15) is 36.8 Å². The topological polar surface area (TPSA) is 67.4 Å². The van der Waals surface area contributed by atoms with Crippen molar-refractivity contribution in [2.24, 2.45) is 0 Å². The molecular weight excluding hydrogens is 542 g/mol. The van der Waals surface area contributed by atoms with Gasteiger partial charge in [-0.2, -0.15) is 0 Å². The van der Waals surface area contributed by atoms with E-state index in [9.17, 15) is 0 Å². The molecule has 222 valence electrons. The minimum absolute atomic E-state index is 0.369. The second kappa shape index (κ2) is 14.5. The third kappa shape index (κ3) is 7.33. The molecule has 0 fully saturated rings. The van der Waals surface area contributed by atoms with E-state index in [4.69, 9.17) is 28.5 Å². The predicted octanol–water partition coefficient (Wildman–Crippen LogP) is 6.14. The van der Waals surface area contributed by atoms with E-state index in [0.29, 0.717) is 33.0 Å². The van der Waals surface area contributed by atoms with Crippen LogP contribution in [0, 0.1) is 0 Å². The Morgan fingerprint density at radius 2 is 1.00 bits per heavy atom. The van der Waals surface area contributed by atoms with Crippen LogP contribution in [0.15, 0.2) is 127 Å². The Kier molecular flexibility index (Phi) is 9.79. The van der Waals surface area contributed by atoms with Gasteiger partial charge in [-0.25, -0.2) is 0 Å². The fraction of sp³-hybridized carbons (Fsp3) is 0.278. The highest BCUT2D eigenvalue weighted by Gasteiger charge is 2.49. The largest absolute Gasteiger partial charge is 0.497 e. The van der Waals surface area contributed by atoms with Gasteiger partial charge in [0.05, 0.1) is 39.2 Å². The molecule has 0 spiro atoms. The highest BCUT2D eigenvalue weighted by Crippen LogP contribution is 2.37. The molecule has 4 atom stereocenters. The highest BCUT2D eigenvalue weighted by atomic mass is 16.7. The second-order valence-electron chi connectivity index (χ2n) is 10.6. The first kappa shape index (κ1) is 29.1. The standard InChI is InChI=1S/C36H37NO6/c1-38-30-19-17-29(18-20-30)24-40-34-32-31(25-43-37-32)33(39-21-26-11-5-2-6-12-26)35(41-22-27-13-7-3-8-14-27)36(34)42-23-28-15-9-4-10-16-28/h2-20,33-37H,21-25H2,1H3/t33-,34-,35+,36+/m0/s1. The van der Waals surface area contributed by atoms with Crippen LogP contribution in [0.2, 0.25) is 0 Å². The maximum absolute atomic E-state index is 6.73. The zero-order chi connectivity index (χ0) is 29.3. The van der Waals surface area contributed by atoms with E-state index in [1.165, 1.54) is 0 Å². The number of hydrogen-bond donors (Lipinski definition) is 1. The summed E-state index contributed by atoms with van der Waals surface area (Å²) in [5.74, 6) is 0.800. The number of rotatable bonds is 13. The molecule has 43 heavy (non-hydrogen) atoms. The summed E-state index contributed by atoms with van der Waals surface area (Å²) in [6.07, 6.45) is -1.83. The molecule has 0 saturated carbocycles.